The number of rotatable bonds is 5. The summed E-state index contributed by atoms with van der Waals surface area (Å²) in [5.41, 5.74) is 1.35. The number of aliphatic hydroxyl groups is 1. The topological polar surface area (TPSA) is 86.6 Å². The lowest BCUT2D eigenvalue weighted by molar-refractivity contribution is 0.299. The first-order chi connectivity index (χ1) is 9.51. The largest absolute Gasteiger partial charge is 0.508 e. The van der Waals surface area contributed by atoms with Gasteiger partial charge in [-0.2, -0.15) is 0 Å². The van der Waals surface area contributed by atoms with Crippen molar-refractivity contribution in [2.24, 2.45) is 0 Å². The van der Waals surface area contributed by atoms with Crippen molar-refractivity contribution in [2.45, 2.75) is 11.3 Å². The Morgan fingerprint density at radius 1 is 1.05 bits per heavy atom. The predicted molar refractivity (Wildman–Crippen MR) is 76.1 cm³/mol. The van der Waals surface area contributed by atoms with Crippen LogP contribution in [-0.4, -0.2) is 25.2 Å². The van der Waals surface area contributed by atoms with Gasteiger partial charge in [0.15, 0.2) is 0 Å². The molecule has 0 unspecified atom stereocenters. The van der Waals surface area contributed by atoms with E-state index in [1.54, 1.807) is 24.3 Å². The minimum Gasteiger partial charge on any atom is -0.508 e. The number of anilines is 1. The van der Waals surface area contributed by atoms with Gasteiger partial charge in [-0.1, -0.05) is 18.2 Å². The molecule has 0 radical (unpaired) electrons. The van der Waals surface area contributed by atoms with Crippen molar-refractivity contribution in [3.63, 3.8) is 0 Å². The summed E-state index contributed by atoms with van der Waals surface area (Å²) in [5, 5.41) is 18.1. The van der Waals surface area contributed by atoms with Crippen LogP contribution in [0.3, 0.4) is 0 Å². The van der Waals surface area contributed by atoms with Crippen LogP contribution in [0.1, 0.15) is 5.56 Å². The van der Waals surface area contributed by atoms with Crippen molar-refractivity contribution in [2.75, 3.05) is 11.3 Å². The molecule has 6 heteroatoms. The van der Waals surface area contributed by atoms with E-state index in [0.29, 0.717) is 12.1 Å². The minimum atomic E-state index is -3.72. The summed E-state index contributed by atoms with van der Waals surface area (Å²) in [6.45, 7) is 0.0500. The lowest BCUT2D eigenvalue weighted by Gasteiger charge is -2.09. The SMILES string of the molecule is O=S(=O)(Nc1ccc(CCO)cc1)c1cccc(O)c1. The number of aliphatic hydroxyl groups excluding tert-OH is 1. The van der Waals surface area contributed by atoms with Gasteiger partial charge in [0.2, 0.25) is 0 Å². The monoisotopic (exact) mass is 293 g/mol. The smallest absolute Gasteiger partial charge is 0.262 e. The summed E-state index contributed by atoms with van der Waals surface area (Å²) in [6.07, 6.45) is 0.527. The number of hydrogen-bond donors (Lipinski definition) is 3. The number of sulfonamides is 1. The highest BCUT2D eigenvalue weighted by Crippen LogP contribution is 2.19. The van der Waals surface area contributed by atoms with E-state index in [9.17, 15) is 13.5 Å². The van der Waals surface area contributed by atoms with Crippen LogP contribution in [0.25, 0.3) is 0 Å². The molecule has 2 aromatic carbocycles. The van der Waals surface area contributed by atoms with Gasteiger partial charge in [0.25, 0.3) is 10.0 Å². The Hall–Kier alpha value is -2.05. The van der Waals surface area contributed by atoms with Gasteiger partial charge in [0, 0.05) is 18.4 Å². The highest BCUT2D eigenvalue weighted by molar-refractivity contribution is 7.92. The number of benzene rings is 2. The predicted octanol–water partition coefficient (Wildman–Crippen LogP) is 1.73. The minimum absolute atomic E-state index is 0.00284. The van der Waals surface area contributed by atoms with Gasteiger partial charge < -0.3 is 10.2 Å². The molecule has 2 rings (SSSR count). The number of phenolic OH excluding ortho intramolecular Hbond substituents is 1. The maximum Gasteiger partial charge on any atom is 0.262 e. The number of phenols is 1. The van der Waals surface area contributed by atoms with E-state index < -0.39 is 10.0 Å². The zero-order valence-electron chi connectivity index (χ0n) is 10.7. The van der Waals surface area contributed by atoms with Crippen LogP contribution in [-0.2, 0) is 16.4 Å². The lowest BCUT2D eigenvalue weighted by atomic mass is 10.1. The van der Waals surface area contributed by atoms with Crippen LogP contribution in [0.15, 0.2) is 53.4 Å². The Balaban J connectivity index is 2.20. The van der Waals surface area contributed by atoms with Gasteiger partial charge in [-0.15, -0.1) is 0 Å². The lowest BCUT2D eigenvalue weighted by Crippen LogP contribution is -2.12. The van der Waals surface area contributed by atoms with Crippen molar-refractivity contribution in [3.8, 4) is 5.75 Å². The molecule has 0 saturated carbocycles. The zero-order chi connectivity index (χ0) is 14.6. The summed E-state index contributed by atoms with van der Waals surface area (Å²) in [4.78, 5) is -0.00284. The van der Waals surface area contributed by atoms with E-state index in [-0.39, 0.29) is 17.3 Å². The summed E-state index contributed by atoms with van der Waals surface area (Å²) in [7, 11) is -3.72. The van der Waals surface area contributed by atoms with E-state index in [4.69, 9.17) is 5.11 Å². The molecular weight excluding hydrogens is 278 g/mol. The molecule has 20 heavy (non-hydrogen) atoms. The third-order valence-corrected chi connectivity index (χ3v) is 4.11. The van der Waals surface area contributed by atoms with Gasteiger partial charge in [0.1, 0.15) is 5.75 Å². The highest BCUT2D eigenvalue weighted by atomic mass is 32.2. The average Bonchev–Trinajstić information content (AvgIpc) is 2.41. The molecule has 0 aliphatic heterocycles. The molecular formula is C14H15NO4S. The average molecular weight is 293 g/mol. The Kier molecular flexibility index (Phi) is 4.26. The Morgan fingerprint density at radius 3 is 2.35 bits per heavy atom. The molecule has 0 spiro atoms. The Labute approximate surface area is 117 Å². The van der Waals surface area contributed by atoms with Crippen molar-refractivity contribution in [1.29, 1.82) is 0 Å². The first kappa shape index (κ1) is 14.4. The van der Waals surface area contributed by atoms with Crippen molar-refractivity contribution in [1.82, 2.24) is 0 Å². The van der Waals surface area contributed by atoms with Crippen LogP contribution >= 0.6 is 0 Å². The van der Waals surface area contributed by atoms with Gasteiger partial charge >= 0.3 is 0 Å². The number of nitrogens with one attached hydrogen (secondary N) is 1. The zero-order valence-corrected chi connectivity index (χ0v) is 11.5. The fourth-order valence-corrected chi connectivity index (χ4v) is 2.83. The molecule has 0 heterocycles. The molecule has 0 aliphatic carbocycles. The van der Waals surface area contributed by atoms with Crippen molar-refractivity contribution in [3.05, 3.63) is 54.1 Å². The molecule has 3 N–H and O–H groups in total. The van der Waals surface area contributed by atoms with Gasteiger partial charge in [0.05, 0.1) is 4.90 Å². The van der Waals surface area contributed by atoms with Crippen LogP contribution in [0.4, 0.5) is 5.69 Å². The van der Waals surface area contributed by atoms with E-state index in [0.717, 1.165) is 5.56 Å². The van der Waals surface area contributed by atoms with Gasteiger partial charge in [-0.3, -0.25) is 4.72 Å². The van der Waals surface area contributed by atoms with E-state index in [2.05, 4.69) is 4.72 Å². The third-order valence-electron chi connectivity index (χ3n) is 2.73. The molecule has 0 amide bonds. The fraction of sp³-hybridized carbons (Fsp3) is 0.143. The summed E-state index contributed by atoms with van der Waals surface area (Å²) in [6, 6.07) is 12.2. The molecule has 0 atom stereocenters. The normalized spacial score (nSPS) is 11.2. The van der Waals surface area contributed by atoms with Crippen LogP contribution in [0.5, 0.6) is 5.75 Å². The molecule has 0 fully saturated rings. The van der Waals surface area contributed by atoms with E-state index in [1.165, 1.54) is 24.3 Å². The summed E-state index contributed by atoms with van der Waals surface area (Å²) < 4.78 is 26.6. The molecule has 106 valence electrons. The molecule has 0 aliphatic rings. The standard InChI is InChI=1S/C14H15NO4S/c16-9-8-11-4-6-12(7-5-11)15-20(18,19)14-3-1-2-13(17)10-14/h1-7,10,15-17H,8-9H2. The van der Waals surface area contributed by atoms with Crippen LogP contribution in [0.2, 0.25) is 0 Å². The third kappa shape index (κ3) is 3.49. The summed E-state index contributed by atoms with van der Waals surface area (Å²) in [5.74, 6) is -0.105. The quantitative estimate of drug-likeness (QED) is 0.783. The number of aromatic hydroxyl groups is 1. The molecule has 0 aromatic heterocycles. The highest BCUT2D eigenvalue weighted by Gasteiger charge is 2.14. The first-order valence-electron chi connectivity index (χ1n) is 6.03. The first-order valence-corrected chi connectivity index (χ1v) is 7.51. The summed E-state index contributed by atoms with van der Waals surface area (Å²) >= 11 is 0. The molecule has 5 nitrogen and oxygen atoms in total. The van der Waals surface area contributed by atoms with Crippen molar-refractivity contribution < 1.29 is 18.6 Å². The second-order valence-corrected chi connectivity index (χ2v) is 5.96. The Morgan fingerprint density at radius 2 is 1.75 bits per heavy atom. The van der Waals surface area contributed by atoms with E-state index >= 15 is 0 Å². The maximum absolute atomic E-state index is 12.1. The second kappa shape index (κ2) is 5.94. The van der Waals surface area contributed by atoms with Gasteiger partial charge in [-0.25, -0.2) is 8.42 Å². The van der Waals surface area contributed by atoms with Crippen molar-refractivity contribution >= 4 is 15.7 Å². The maximum atomic E-state index is 12.1. The molecule has 0 saturated heterocycles. The van der Waals surface area contributed by atoms with E-state index in [1.807, 2.05) is 0 Å². The van der Waals surface area contributed by atoms with Crippen LogP contribution < -0.4 is 4.72 Å². The van der Waals surface area contributed by atoms with Gasteiger partial charge in [-0.05, 0) is 36.2 Å². The second-order valence-electron chi connectivity index (χ2n) is 4.27. The van der Waals surface area contributed by atoms with Crippen LogP contribution in [0, 0.1) is 0 Å². The Bertz CT molecular complexity index is 681. The molecule has 2 aromatic rings. The molecule has 0 bridgehead atoms. The fourth-order valence-electron chi connectivity index (χ4n) is 1.73. The number of hydrogen-bond acceptors (Lipinski definition) is 4.